The van der Waals surface area contributed by atoms with Crippen LogP contribution in [0.25, 0.3) is 0 Å². The number of hydrogen-bond donors (Lipinski definition) is 2. The Hall–Kier alpha value is -3.72. The third kappa shape index (κ3) is 6.09. The molecule has 2 aliphatic heterocycles. The zero-order chi connectivity index (χ0) is 25.7. The maximum absolute atomic E-state index is 12.6. The van der Waals surface area contributed by atoms with Gasteiger partial charge in [-0.05, 0) is 61.7 Å². The van der Waals surface area contributed by atoms with Crippen molar-refractivity contribution in [2.24, 2.45) is 0 Å². The van der Waals surface area contributed by atoms with Crippen molar-refractivity contribution < 1.29 is 19.2 Å². The van der Waals surface area contributed by atoms with Gasteiger partial charge in [-0.1, -0.05) is 12.1 Å². The zero-order valence-corrected chi connectivity index (χ0v) is 20.9. The summed E-state index contributed by atoms with van der Waals surface area (Å²) in [6, 6.07) is 12.7. The summed E-state index contributed by atoms with van der Waals surface area (Å²) in [5, 5.41) is 5.66. The van der Waals surface area contributed by atoms with Crippen molar-refractivity contribution in [3.63, 3.8) is 0 Å². The maximum Gasteiger partial charge on any atom is 0.251 e. The van der Waals surface area contributed by atoms with E-state index in [1.807, 2.05) is 36.9 Å². The number of amides is 4. The highest BCUT2D eigenvalue weighted by Gasteiger charge is 2.24. The predicted octanol–water partition coefficient (Wildman–Crippen LogP) is 1.94. The second kappa shape index (κ2) is 11.3. The molecule has 2 aromatic carbocycles. The average molecular weight is 492 g/mol. The summed E-state index contributed by atoms with van der Waals surface area (Å²) < 4.78 is 0. The van der Waals surface area contributed by atoms with Gasteiger partial charge >= 0.3 is 0 Å². The molecule has 0 saturated carbocycles. The van der Waals surface area contributed by atoms with Crippen LogP contribution in [0.4, 0.5) is 11.4 Å². The number of nitrogens with zero attached hydrogens (tertiary/aromatic N) is 3. The van der Waals surface area contributed by atoms with Crippen molar-refractivity contribution in [2.75, 3.05) is 56.0 Å². The van der Waals surface area contributed by atoms with Gasteiger partial charge in [-0.3, -0.25) is 24.1 Å². The van der Waals surface area contributed by atoms with Crippen LogP contribution in [-0.2, 0) is 14.4 Å². The van der Waals surface area contributed by atoms with E-state index in [4.69, 9.17) is 0 Å². The van der Waals surface area contributed by atoms with E-state index in [2.05, 4.69) is 10.6 Å². The van der Waals surface area contributed by atoms with E-state index in [-0.39, 0.29) is 36.7 Å². The largest absolute Gasteiger partial charge is 0.343 e. The highest BCUT2D eigenvalue weighted by atomic mass is 16.2. The van der Waals surface area contributed by atoms with Crippen LogP contribution < -0.4 is 15.5 Å². The van der Waals surface area contributed by atoms with Crippen LogP contribution in [0.3, 0.4) is 0 Å². The highest BCUT2D eigenvalue weighted by Crippen LogP contribution is 2.21. The molecule has 190 valence electrons. The van der Waals surface area contributed by atoms with Gasteiger partial charge < -0.3 is 20.4 Å². The van der Waals surface area contributed by atoms with E-state index < -0.39 is 0 Å². The minimum atomic E-state index is -0.329. The topological polar surface area (TPSA) is 102 Å². The molecule has 2 saturated heterocycles. The molecule has 2 aromatic rings. The normalized spacial score (nSPS) is 16.2. The number of carbonyl (C=O) groups excluding carboxylic acids is 4. The van der Waals surface area contributed by atoms with Crippen LogP contribution in [-0.4, -0.2) is 79.2 Å². The van der Waals surface area contributed by atoms with Gasteiger partial charge in [0.25, 0.3) is 5.91 Å². The minimum Gasteiger partial charge on any atom is -0.343 e. The number of hydrogen-bond acceptors (Lipinski definition) is 5. The molecule has 2 heterocycles. The molecule has 0 spiro atoms. The third-order valence-electron chi connectivity index (χ3n) is 6.89. The van der Waals surface area contributed by atoms with Gasteiger partial charge in [0.2, 0.25) is 17.7 Å². The standard InChI is InChI=1S/C27H33N5O4/c1-19-5-3-6-23(20(19)2)29-24(33)18-30-13-15-31(16-14-30)26(35)17-28-27(36)21-8-10-22(11-9-21)32-12-4-7-25(32)34/h3,5-6,8-11H,4,7,12-18H2,1-2H3,(H,28,36)(H,29,33). The van der Waals surface area contributed by atoms with E-state index in [1.54, 1.807) is 34.1 Å². The van der Waals surface area contributed by atoms with Crippen molar-refractivity contribution in [3.05, 3.63) is 59.2 Å². The summed E-state index contributed by atoms with van der Waals surface area (Å²) in [6.45, 7) is 7.08. The number of piperazine rings is 1. The molecule has 2 aliphatic rings. The van der Waals surface area contributed by atoms with Gasteiger partial charge in [0.15, 0.2) is 0 Å². The second-order valence-electron chi connectivity index (χ2n) is 9.33. The first-order valence-corrected chi connectivity index (χ1v) is 12.4. The van der Waals surface area contributed by atoms with Gasteiger partial charge in [0, 0.05) is 56.1 Å². The van der Waals surface area contributed by atoms with Crippen LogP contribution in [0.2, 0.25) is 0 Å². The molecule has 2 N–H and O–H groups in total. The van der Waals surface area contributed by atoms with Gasteiger partial charge in [-0.2, -0.15) is 0 Å². The van der Waals surface area contributed by atoms with Crippen LogP contribution >= 0.6 is 0 Å². The van der Waals surface area contributed by atoms with Crippen molar-refractivity contribution >= 4 is 35.0 Å². The number of nitrogens with one attached hydrogen (secondary N) is 2. The van der Waals surface area contributed by atoms with Crippen molar-refractivity contribution in [3.8, 4) is 0 Å². The lowest BCUT2D eigenvalue weighted by atomic mass is 10.1. The average Bonchev–Trinajstić information content (AvgIpc) is 3.31. The Morgan fingerprint density at radius 3 is 2.31 bits per heavy atom. The number of benzene rings is 2. The molecule has 4 rings (SSSR count). The zero-order valence-electron chi connectivity index (χ0n) is 20.9. The fraction of sp³-hybridized carbons (Fsp3) is 0.407. The van der Waals surface area contributed by atoms with Crippen LogP contribution in [0.1, 0.15) is 34.3 Å². The molecule has 0 radical (unpaired) electrons. The summed E-state index contributed by atoms with van der Waals surface area (Å²) in [6.07, 6.45) is 1.40. The van der Waals surface area contributed by atoms with E-state index in [0.29, 0.717) is 44.7 Å². The van der Waals surface area contributed by atoms with Crippen LogP contribution in [0, 0.1) is 13.8 Å². The summed E-state index contributed by atoms with van der Waals surface area (Å²) in [5.41, 5.74) is 4.23. The van der Waals surface area contributed by atoms with Gasteiger partial charge in [-0.25, -0.2) is 0 Å². The van der Waals surface area contributed by atoms with Crippen LogP contribution in [0.5, 0.6) is 0 Å². The molecule has 2 fully saturated rings. The molecule has 0 atom stereocenters. The predicted molar refractivity (Wildman–Crippen MR) is 138 cm³/mol. The molecule has 0 bridgehead atoms. The van der Waals surface area contributed by atoms with E-state index in [0.717, 1.165) is 28.9 Å². The highest BCUT2D eigenvalue weighted by molar-refractivity contribution is 5.98. The lowest BCUT2D eigenvalue weighted by Gasteiger charge is -2.34. The number of anilines is 2. The van der Waals surface area contributed by atoms with Gasteiger partial charge in [0.05, 0.1) is 13.1 Å². The molecule has 0 aromatic heterocycles. The lowest BCUT2D eigenvalue weighted by molar-refractivity contribution is -0.132. The summed E-state index contributed by atoms with van der Waals surface area (Å²) in [5.74, 6) is -0.456. The Balaban J connectivity index is 1.19. The molecule has 4 amide bonds. The Bertz CT molecular complexity index is 1140. The summed E-state index contributed by atoms with van der Waals surface area (Å²) in [7, 11) is 0. The van der Waals surface area contributed by atoms with E-state index in [9.17, 15) is 19.2 Å². The van der Waals surface area contributed by atoms with Crippen molar-refractivity contribution in [2.45, 2.75) is 26.7 Å². The fourth-order valence-electron chi connectivity index (χ4n) is 4.52. The van der Waals surface area contributed by atoms with Gasteiger partial charge in [0.1, 0.15) is 0 Å². The molecule has 0 aliphatic carbocycles. The fourth-order valence-corrected chi connectivity index (χ4v) is 4.52. The second-order valence-corrected chi connectivity index (χ2v) is 9.33. The molecule has 36 heavy (non-hydrogen) atoms. The quantitative estimate of drug-likeness (QED) is 0.617. The Morgan fingerprint density at radius 1 is 0.917 bits per heavy atom. The number of aryl methyl sites for hydroxylation is 1. The van der Waals surface area contributed by atoms with Crippen molar-refractivity contribution in [1.29, 1.82) is 0 Å². The number of carbonyl (C=O) groups is 4. The first-order valence-electron chi connectivity index (χ1n) is 12.4. The maximum atomic E-state index is 12.6. The molecule has 0 unspecified atom stereocenters. The Morgan fingerprint density at radius 2 is 1.64 bits per heavy atom. The third-order valence-corrected chi connectivity index (χ3v) is 6.89. The lowest BCUT2D eigenvalue weighted by Crippen LogP contribution is -2.52. The first kappa shape index (κ1) is 25.4. The van der Waals surface area contributed by atoms with Crippen molar-refractivity contribution in [1.82, 2.24) is 15.1 Å². The number of rotatable bonds is 7. The Labute approximate surface area is 211 Å². The van der Waals surface area contributed by atoms with E-state index >= 15 is 0 Å². The smallest absolute Gasteiger partial charge is 0.251 e. The summed E-state index contributed by atoms with van der Waals surface area (Å²) in [4.78, 5) is 54.9. The van der Waals surface area contributed by atoms with E-state index in [1.165, 1.54) is 0 Å². The SMILES string of the molecule is Cc1cccc(NC(=O)CN2CCN(C(=O)CNC(=O)c3ccc(N4CCCC4=O)cc3)CC2)c1C. The monoisotopic (exact) mass is 491 g/mol. The van der Waals surface area contributed by atoms with Gasteiger partial charge in [-0.15, -0.1) is 0 Å². The molecule has 9 heteroatoms. The first-order chi connectivity index (χ1) is 17.3. The molecule has 9 nitrogen and oxygen atoms in total. The molecular weight excluding hydrogens is 458 g/mol. The summed E-state index contributed by atoms with van der Waals surface area (Å²) >= 11 is 0. The van der Waals surface area contributed by atoms with Crippen LogP contribution in [0.15, 0.2) is 42.5 Å². The minimum absolute atomic E-state index is 0.0733. The molecular formula is C27H33N5O4. The Kier molecular flexibility index (Phi) is 8.00.